The molecule has 2 aromatic rings. The number of benzene rings is 1. The number of sulfone groups is 1. The molecule has 2 heterocycles. The average Bonchev–Trinajstić information content (AvgIpc) is 3.53. The summed E-state index contributed by atoms with van der Waals surface area (Å²) in [6.45, 7) is 3.62. The van der Waals surface area contributed by atoms with Gasteiger partial charge in [-0.15, -0.1) is 0 Å². The van der Waals surface area contributed by atoms with Crippen LogP contribution >= 0.6 is 0 Å². The molecule has 150 valence electrons. The van der Waals surface area contributed by atoms with Gasteiger partial charge in [-0.3, -0.25) is 0 Å². The molecule has 2 N–H and O–H groups in total. The van der Waals surface area contributed by atoms with Gasteiger partial charge in [-0.25, -0.2) is 22.8 Å². The molecule has 1 aromatic heterocycles. The predicted octanol–water partition coefficient (Wildman–Crippen LogP) is 2.73. The van der Waals surface area contributed by atoms with E-state index in [0.29, 0.717) is 30.1 Å². The molecule has 1 saturated carbocycles. The Kier molecular flexibility index (Phi) is 5.20. The number of rotatable bonds is 6. The average molecular weight is 406 g/mol. The number of anilines is 2. The highest BCUT2D eigenvalue weighted by molar-refractivity contribution is 7.92. The van der Waals surface area contributed by atoms with Crippen molar-refractivity contribution in [3.8, 4) is 5.88 Å². The molecule has 0 radical (unpaired) electrons. The van der Waals surface area contributed by atoms with E-state index in [1.807, 2.05) is 6.92 Å². The van der Waals surface area contributed by atoms with Crippen LogP contribution in [0.4, 0.5) is 15.9 Å². The Hall–Kier alpha value is -2.26. The third-order valence-electron chi connectivity index (χ3n) is 5.09. The summed E-state index contributed by atoms with van der Waals surface area (Å²) in [5, 5.41) is 5.84. The summed E-state index contributed by atoms with van der Waals surface area (Å²) in [7, 11) is -3.43. The summed E-state index contributed by atoms with van der Waals surface area (Å²) >= 11 is 0. The molecule has 2 fully saturated rings. The second-order valence-corrected chi connectivity index (χ2v) is 9.46. The van der Waals surface area contributed by atoms with E-state index in [4.69, 9.17) is 4.74 Å². The van der Waals surface area contributed by atoms with Crippen LogP contribution in [0.25, 0.3) is 0 Å². The second-order valence-electron chi connectivity index (χ2n) is 7.23. The van der Waals surface area contributed by atoms with E-state index in [-0.39, 0.29) is 21.9 Å². The van der Waals surface area contributed by atoms with Gasteiger partial charge in [-0.05, 0) is 63.9 Å². The van der Waals surface area contributed by atoms with E-state index in [1.165, 1.54) is 18.5 Å². The summed E-state index contributed by atoms with van der Waals surface area (Å²) in [6.07, 6.45) is 4.55. The number of nitrogens with one attached hydrogen (secondary N) is 2. The van der Waals surface area contributed by atoms with Crippen LogP contribution in [0.15, 0.2) is 29.4 Å². The van der Waals surface area contributed by atoms with E-state index in [0.717, 1.165) is 32.0 Å². The zero-order chi connectivity index (χ0) is 19.7. The van der Waals surface area contributed by atoms with Crippen LogP contribution in [-0.4, -0.2) is 42.8 Å². The first-order chi connectivity index (χ1) is 13.4. The van der Waals surface area contributed by atoms with Gasteiger partial charge in [0.1, 0.15) is 24.1 Å². The number of nitrogens with zero attached hydrogens (tertiary/aromatic N) is 2. The Morgan fingerprint density at radius 2 is 1.93 bits per heavy atom. The molecule has 1 aliphatic carbocycles. The van der Waals surface area contributed by atoms with Crippen molar-refractivity contribution in [3.05, 3.63) is 35.9 Å². The summed E-state index contributed by atoms with van der Waals surface area (Å²) in [6, 6.07) is 3.93. The van der Waals surface area contributed by atoms with Crippen molar-refractivity contribution < 1.29 is 17.5 Å². The van der Waals surface area contributed by atoms with E-state index >= 15 is 0 Å². The number of hydrogen-bond donors (Lipinski definition) is 2. The standard InChI is InChI=1S/C19H23FN4O3S/c1-12-18(22-11-23-19(12)27-13-6-8-21-9-7-13)24-17-5-4-15(10-16(17)20)28(25,26)14-2-3-14/h4-5,10-11,13-14,21H,2-3,6-9H2,1H3,(H,22,23,24). The number of piperidine rings is 1. The van der Waals surface area contributed by atoms with Crippen LogP contribution in [0.5, 0.6) is 5.88 Å². The largest absolute Gasteiger partial charge is 0.474 e. The Morgan fingerprint density at radius 1 is 1.18 bits per heavy atom. The van der Waals surface area contributed by atoms with Gasteiger partial charge in [0, 0.05) is 0 Å². The van der Waals surface area contributed by atoms with Crippen molar-refractivity contribution in [3.63, 3.8) is 0 Å². The number of ether oxygens (including phenoxy) is 1. The van der Waals surface area contributed by atoms with Crippen LogP contribution in [0.3, 0.4) is 0 Å². The summed E-state index contributed by atoms with van der Waals surface area (Å²) < 4.78 is 45.1. The van der Waals surface area contributed by atoms with Gasteiger partial charge < -0.3 is 15.4 Å². The van der Waals surface area contributed by atoms with Crippen molar-refractivity contribution in [2.24, 2.45) is 0 Å². The summed E-state index contributed by atoms with van der Waals surface area (Å²) in [4.78, 5) is 8.40. The molecular formula is C19H23FN4O3S. The highest BCUT2D eigenvalue weighted by Gasteiger charge is 2.37. The van der Waals surface area contributed by atoms with Gasteiger partial charge in [0.05, 0.1) is 21.4 Å². The fraction of sp³-hybridized carbons (Fsp3) is 0.474. The molecule has 0 unspecified atom stereocenters. The lowest BCUT2D eigenvalue weighted by atomic mass is 10.1. The van der Waals surface area contributed by atoms with E-state index in [1.54, 1.807) is 0 Å². The monoisotopic (exact) mass is 406 g/mol. The SMILES string of the molecule is Cc1c(Nc2ccc(S(=O)(=O)C3CC3)cc2F)ncnc1OC1CCNCC1. The molecule has 4 rings (SSSR count). The molecule has 0 atom stereocenters. The van der Waals surface area contributed by atoms with Crippen molar-refractivity contribution >= 4 is 21.3 Å². The van der Waals surface area contributed by atoms with E-state index in [2.05, 4.69) is 20.6 Å². The molecule has 0 bridgehead atoms. The molecule has 28 heavy (non-hydrogen) atoms. The van der Waals surface area contributed by atoms with Gasteiger partial charge in [0.15, 0.2) is 9.84 Å². The molecule has 1 aromatic carbocycles. The zero-order valence-corrected chi connectivity index (χ0v) is 16.4. The molecular weight excluding hydrogens is 383 g/mol. The molecule has 0 amide bonds. The minimum atomic E-state index is -3.43. The predicted molar refractivity (Wildman–Crippen MR) is 103 cm³/mol. The highest BCUT2D eigenvalue weighted by Crippen LogP contribution is 2.35. The second kappa shape index (κ2) is 7.63. The van der Waals surface area contributed by atoms with Crippen LogP contribution < -0.4 is 15.4 Å². The van der Waals surface area contributed by atoms with Gasteiger partial charge >= 0.3 is 0 Å². The zero-order valence-electron chi connectivity index (χ0n) is 15.6. The first-order valence-corrected chi connectivity index (χ1v) is 11.0. The van der Waals surface area contributed by atoms with Crippen molar-refractivity contribution in [2.45, 2.75) is 48.9 Å². The quantitative estimate of drug-likeness (QED) is 0.762. The van der Waals surface area contributed by atoms with Gasteiger partial charge in [-0.2, -0.15) is 0 Å². The van der Waals surface area contributed by atoms with Crippen LogP contribution in [-0.2, 0) is 9.84 Å². The fourth-order valence-corrected chi connectivity index (χ4v) is 4.89. The lowest BCUT2D eigenvalue weighted by Gasteiger charge is -2.24. The maximum Gasteiger partial charge on any atom is 0.221 e. The summed E-state index contributed by atoms with van der Waals surface area (Å²) in [5.74, 6) is 0.258. The van der Waals surface area contributed by atoms with Crippen LogP contribution in [0, 0.1) is 12.7 Å². The van der Waals surface area contributed by atoms with Crippen molar-refractivity contribution in [2.75, 3.05) is 18.4 Å². The van der Waals surface area contributed by atoms with Crippen LogP contribution in [0.2, 0.25) is 0 Å². The summed E-state index contributed by atoms with van der Waals surface area (Å²) in [5.41, 5.74) is 0.833. The first-order valence-electron chi connectivity index (χ1n) is 9.44. The minimum absolute atomic E-state index is 0.0207. The Labute approximate surface area is 163 Å². The molecule has 0 spiro atoms. The van der Waals surface area contributed by atoms with Crippen molar-refractivity contribution in [1.82, 2.24) is 15.3 Å². The van der Waals surface area contributed by atoms with Crippen molar-refractivity contribution in [1.29, 1.82) is 0 Å². The molecule has 1 aliphatic heterocycles. The van der Waals surface area contributed by atoms with Gasteiger partial charge in [-0.1, -0.05) is 0 Å². The van der Waals surface area contributed by atoms with Gasteiger partial charge in [0.25, 0.3) is 0 Å². The van der Waals surface area contributed by atoms with Gasteiger partial charge in [0.2, 0.25) is 5.88 Å². The Balaban J connectivity index is 1.53. The smallest absolute Gasteiger partial charge is 0.221 e. The Bertz CT molecular complexity index is 973. The first kappa shape index (κ1) is 19.1. The lowest BCUT2D eigenvalue weighted by molar-refractivity contribution is 0.154. The fourth-order valence-electron chi connectivity index (χ4n) is 3.22. The highest BCUT2D eigenvalue weighted by atomic mass is 32.2. The molecule has 2 aliphatic rings. The topological polar surface area (TPSA) is 93.2 Å². The molecule has 7 nitrogen and oxygen atoms in total. The number of hydrogen-bond acceptors (Lipinski definition) is 7. The normalized spacial score (nSPS) is 18.1. The number of aromatic nitrogens is 2. The third-order valence-corrected chi connectivity index (χ3v) is 7.35. The van der Waals surface area contributed by atoms with E-state index < -0.39 is 15.7 Å². The minimum Gasteiger partial charge on any atom is -0.474 e. The van der Waals surface area contributed by atoms with Crippen LogP contribution in [0.1, 0.15) is 31.2 Å². The molecule has 9 heteroatoms. The van der Waals surface area contributed by atoms with E-state index in [9.17, 15) is 12.8 Å². The maximum absolute atomic E-state index is 14.5. The maximum atomic E-state index is 14.5. The number of halogens is 1. The molecule has 1 saturated heterocycles. The lowest BCUT2D eigenvalue weighted by Crippen LogP contribution is -2.34. The third kappa shape index (κ3) is 3.95. The Morgan fingerprint density at radius 3 is 2.61 bits per heavy atom.